The van der Waals surface area contributed by atoms with Gasteiger partial charge in [0.1, 0.15) is 16.2 Å². The van der Waals surface area contributed by atoms with Gasteiger partial charge in [0.2, 0.25) is 5.43 Å². The molecule has 2 aromatic heterocycles. The first kappa shape index (κ1) is 19.0. The molecule has 2 heterocycles. The molecular weight excluding hydrogens is 403 g/mol. The van der Waals surface area contributed by atoms with Crippen LogP contribution < -0.4 is 5.43 Å². The molecule has 1 aliphatic carbocycles. The third-order valence-electron chi connectivity index (χ3n) is 4.39. The van der Waals surface area contributed by atoms with E-state index >= 15 is 0 Å². The lowest BCUT2D eigenvalue weighted by molar-refractivity contribution is 0.0519. The van der Waals surface area contributed by atoms with E-state index in [2.05, 4.69) is 4.98 Å². The summed E-state index contributed by atoms with van der Waals surface area (Å²) in [6.07, 6.45) is 1.75. The minimum Gasteiger partial charge on any atom is -0.462 e. The first-order valence-electron chi connectivity index (χ1n) is 8.85. The number of nitrogens with zero attached hydrogens (tertiary/aromatic N) is 2. The zero-order chi connectivity index (χ0) is 19.8. The van der Waals surface area contributed by atoms with Crippen molar-refractivity contribution in [2.24, 2.45) is 0 Å². The van der Waals surface area contributed by atoms with E-state index in [4.69, 9.17) is 16.3 Å². The summed E-state index contributed by atoms with van der Waals surface area (Å²) in [5, 5.41) is 0.162. The molecule has 0 bridgehead atoms. The van der Waals surface area contributed by atoms with Gasteiger partial charge in [0.05, 0.1) is 12.0 Å². The Morgan fingerprint density at radius 3 is 2.71 bits per heavy atom. The van der Waals surface area contributed by atoms with Crippen LogP contribution in [-0.4, -0.2) is 22.1 Å². The molecule has 0 saturated heterocycles. The number of hydrogen-bond donors (Lipinski definition) is 0. The fourth-order valence-corrected chi connectivity index (χ4v) is 4.27. The number of aromatic nitrogens is 2. The molecular formula is C20H16ClFN2O3S. The van der Waals surface area contributed by atoms with Crippen LogP contribution in [0.3, 0.4) is 0 Å². The Hall–Kier alpha value is -2.38. The van der Waals surface area contributed by atoms with Gasteiger partial charge in [-0.1, -0.05) is 41.6 Å². The Morgan fingerprint density at radius 1 is 1.36 bits per heavy atom. The topological polar surface area (TPSA) is 61.2 Å². The average Bonchev–Trinajstić information content (AvgIpc) is 3.50. The zero-order valence-electron chi connectivity index (χ0n) is 14.9. The molecule has 5 nitrogen and oxygen atoms in total. The predicted octanol–water partition coefficient (Wildman–Crippen LogP) is 4.85. The number of ether oxygens (including phenoxy) is 1. The second-order valence-corrected chi connectivity index (χ2v) is 7.80. The van der Waals surface area contributed by atoms with Crippen molar-refractivity contribution in [3.63, 3.8) is 0 Å². The van der Waals surface area contributed by atoms with Gasteiger partial charge in [0, 0.05) is 10.9 Å². The molecule has 0 N–H and O–H groups in total. The fourth-order valence-electron chi connectivity index (χ4n) is 3.01. The highest BCUT2D eigenvalue weighted by Gasteiger charge is 2.33. The number of rotatable bonds is 5. The molecule has 4 rings (SSSR count). The van der Waals surface area contributed by atoms with E-state index in [1.165, 1.54) is 11.8 Å². The Labute approximate surface area is 169 Å². The Morgan fingerprint density at radius 2 is 2.07 bits per heavy atom. The third-order valence-corrected chi connectivity index (χ3v) is 5.76. The number of carbonyl (C=O) groups excluding carboxylic acids is 1. The molecule has 0 radical (unpaired) electrons. The molecule has 1 aliphatic rings. The summed E-state index contributed by atoms with van der Waals surface area (Å²) in [5.74, 6) is -1.52. The Balaban J connectivity index is 2.06. The van der Waals surface area contributed by atoms with Gasteiger partial charge in [-0.2, -0.15) is 0 Å². The summed E-state index contributed by atoms with van der Waals surface area (Å²) in [6.45, 7) is 1.80. The summed E-state index contributed by atoms with van der Waals surface area (Å²) in [7, 11) is 0. The van der Waals surface area contributed by atoms with E-state index in [0.717, 1.165) is 23.8 Å². The third kappa shape index (κ3) is 3.40. The smallest absolute Gasteiger partial charge is 0.344 e. The van der Waals surface area contributed by atoms with Crippen LogP contribution in [0.25, 0.3) is 11.0 Å². The van der Waals surface area contributed by atoms with Crippen molar-refractivity contribution in [3.8, 4) is 0 Å². The van der Waals surface area contributed by atoms with Crippen LogP contribution in [0, 0.1) is 5.82 Å². The Bertz CT molecular complexity index is 1130. The molecule has 0 atom stereocenters. The van der Waals surface area contributed by atoms with Gasteiger partial charge in [-0.3, -0.25) is 4.79 Å². The van der Waals surface area contributed by atoms with Crippen molar-refractivity contribution < 1.29 is 13.9 Å². The predicted molar refractivity (Wildman–Crippen MR) is 106 cm³/mol. The number of pyridine rings is 2. The van der Waals surface area contributed by atoms with Crippen LogP contribution in [0.1, 0.15) is 36.2 Å². The zero-order valence-corrected chi connectivity index (χ0v) is 16.5. The largest absolute Gasteiger partial charge is 0.462 e. The Kier molecular flexibility index (Phi) is 5.12. The van der Waals surface area contributed by atoms with Crippen molar-refractivity contribution in [1.82, 2.24) is 9.55 Å². The van der Waals surface area contributed by atoms with Crippen LogP contribution in [0.5, 0.6) is 0 Å². The molecule has 1 aromatic carbocycles. The maximum absolute atomic E-state index is 14.0. The molecule has 8 heteroatoms. The van der Waals surface area contributed by atoms with E-state index in [-0.39, 0.29) is 34.4 Å². The molecule has 0 unspecified atom stereocenters. The molecule has 1 fully saturated rings. The number of carbonyl (C=O) groups is 1. The van der Waals surface area contributed by atoms with Crippen LogP contribution >= 0.6 is 23.4 Å². The van der Waals surface area contributed by atoms with Gasteiger partial charge >= 0.3 is 5.97 Å². The molecule has 1 saturated carbocycles. The van der Waals surface area contributed by atoms with Crippen molar-refractivity contribution in [3.05, 3.63) is 63.2 Å². The van der Waals surface area contributed by atoms with Gasteiger partial charge < -0.3 is 9.30 Å². The number of benzene rings is 1. The van der Waals surface area contributed by atoms with Crippen LogP contribution in [-0.2, 0) is 4.74 Å². The van der Waals surface area contributed by atoms with E-state index in [9.17, 15) is 14.0 Å². The number of hydrogen-bond acceptors (Lipinski definition) is 5. The van der Waals surface area contributed by atoms with E-state index < -0.39 is 17.2 Å². The SMILES string of the molecule is CCOC(=O)c1c(Sc2ccccc2)n(C2CC2)c2nc(Cl)c(F)cc2c1=O. The summed E-state index contributed by atoms with van der Waals surface area (Å²) in [5.41, 5.74) is -0.421. The number of halogens is 2. The van der Waals surface area contributed by atoms with Crippen molar-refractivity contribution in [2.45, 2.75) is 35.7 Å². The quantitative estimate of drug-likeness (QED) is 0.437. The lowest BCUT2D eigenvalue weighted by Crippen LogP contribution is -2.24. The second-order valence-electron chi connectivity index (χ2n) is 6.38. The summed E-state index contributed by atoms with van der Waals surface area (Å²) < 4.78 is 21.0. The monoisotopic (exact) mass is 418 g/mol. The van der Waals surface area contributed by atoms with Crippen LogP contribution in [0.2, 0.25) is 5.15 Å². The number of fused-ring (bicyclic) bond motifs is 1. The molecule has 28 heavy (non-hydrogen) atoms. The van der Waals surface area contributed by atoms with E-state index in [0.29, 0.717) is 5.03 Å². The minimum atomic E-state index is -0.799. The standard InChI is InChI=1S/C20H16ClFN2O3S/c1-2-27-20(26)15-16(25)13-10-14(22)17(21)23-18(13)24(11-8-9-11)19(15)28-12-6-4-3-5-7-12/h3-7,10-11H,2,8-9H2,1H3. The minimum absolute atomic E-state index is 0.0225. The molecule has 0 amide bonds. The molecule has 0 spiro atoms. The molecule has 0 aliphatic heterocycles. The molecule has 144 valence electrons. The van der Waals surface area contributed by atoms with Gasteiger partial charge in [-0.25, -0.2) is 14.2 Å². The van der Waals surface area contributed by atoms with Crippen LogP contribution in [0.15, 0.2) is 51.1 Å². The second kappa shape index (κ2) is 7.56. The van der Waals surface area contributed by atoms with Gasteiger partial charge in [0.15, 0.2) is 11.0 Å². The maximum atomic E-state index is 14.0. The maximum Gasteiger partial charge on any atom is 0.344 e. The average molecular weight is 419 g/mol. The fraction of sp³-hybridized carbons (Fsp3) is 0.250. The first-order chi connectivity index (χ1) is 13.5. The lowest BCUT2D eigenvalue weighted by atomic mass is 10.2. The highest BCUT2D eigenvalue weighted by molar-refractivity contribution is 7.99. The van der Waals surface area contributed by atoms with E-state index in [1.54, 1.807) is 6.92 Å². The highest BCUT2D eigenvalue weighted by atomic mass is 35.5. The summed E-state index contributed by atoms with van der Waals surface area (Å²) >= 11 is 7.19. The van der Waals surface area contributed by atoms with E-state index in [1.807, 2.05) is 34.9 Å². The summed E-state index contributed by atoms with van der Waals surface area (Å²) in [6, 6.07) is 10.5. The number of esters is 1. The van der Waals surface area contributed by atoms with Gasteiger partial charge in [-0.15, -0.1) is 0 Å². The first-order valence-corrected chi connectivity index (χ1v) is 10.0. The lowest BCUT2D eigenvalue weighted by Gasteiger charge is -2.18. The van der Waals surface area contributed by atoms with Crippen molar-refractivity contribution in [1.29, 1.82) is 0 Å². The van der Waals surface area contributed by atoms with Gasteiger partial charge in [-0.05, 0) is 38.0 Å². The molecule has 3 aromatic rings. The summed E-state index contributed by atoms with van der Waals surface area (Å²) in [4.78, 5) is 30.8. The normalized spacial score (nSPS) is 13.7. The highest BCUT2D eigenvalue weighted by Crippen LogP contribution is 2.43. The van der Waals surface area contributed by atoms with Crippen molar-refractivity contribution >= 4 is 40.4 Å². The van der Waals surface area contributed by atoms with Gasteiger partial charge in [0.25, 0.3) is 0 Å². The van der Waals surface area contributed by atoms with Crippen molar-refractivity contribution in [2.75, 3.05) is 6.61 Å². The van der Waals surface area contributed by atoms with Crippen LogP contribution in [0.4, 0.5) is 4.39 Å².